The third-order valence-electron chi connectivity index (χ3n) is 4.02. The van der Waals surface area contributed by atoms with Gasteiger partial charge in [-0.25, -0.2) is 0 Å². The summed E-state index contributed by atoms with van der Waals surface area (Å²) in [7, 11) is 1.85. The van der Waals surface area contributed by atoms with Gasteiger partial charge in [0, 0.05) is 7.11 Å². The third kappa shape index (κ3) is 2.12. The molecule has 0 aromatic heterocycles. The van der Waals surface area contributed by atoms with Crippen molar-refractivity contribution in [3.63, 3.8) is 0 Å². The molecule has 0 aromatic rings. The standard InChI is InChI=1S/C11H21NO.CH4/c1-3-12-6-4-11(5-7-12)8-10(9-11)13-2;/h10H,3-9H2,1-2H3;1H4. The number of ether oxygens (including phenoxy) is 1. The first-order chi connectivity index (χ1) is 6.28. The molecule has 1 heterocycles. The van der Waals surface area contributed by atoms with Crippen molar-refractivity contribution in [2.75, 3.05) is 26.7 Å². The molecule has 1 saturated carbocycles. The van der Waals surface area contributed by atoms with Gasteiger partial charge in [0.05, 0.1) is 6.10 Å². The Morgan fingerprint density at radius 3 is 2.29 bits per heavy atom. The molecule has 2 heteroatoms. The molecule has 0 N–H and O–H groups in total. The van der Waals surface area contributed by atoms with Crippen molar-refractivity contribution in [1.82, 2.24) is 4.90 Å². The number of piperidine rings is 1. The summed E-state index contributed by atoms with van der Waals surface area (Å²) in [6, 6.07) is 0. The second kappa shape index (κ2) is 4.63. The molecular formula is C12H25NO. The van der Waals surface area contributed by atoms with E-state index in [0.717, 1.165) is 0 Å². The molecule has 2 rings (SSSR count). The number of rotatable bonds is 2. The molecule has 0 bridgehead atoms. The number of methoxy groups -OCH3 is 1. The fourth-order valence-electron chi connectivity index (χ4n) is 2.82. The van der Waals surface area contributed by atoms with Crippen LogP contribution in [0.3, 0.4) is 0 Å². The zero-order valence-electron chi connectivity index (χ0n) is 8.88. The van der Waals surface area contributed by atoms with Crippen LogP contribution in [0.15, 0.2) is 0 Å². The number of hydrogen-bond acceptors (Lipinski definition) is 2. The van der Waals surface area contributed by atoms with E-state index >= 15 is 0 Å². The minimum absolute atomic E-state index is 0. The molecule has 1 saturated heterocycles. The lowest BCUT2D eigenvalue weighted by molar-refractivity contribution is -0.0871. The Bertz CT molecular complexity index is 165. The summed E-state index contributed by atoms with van der Waals surface area (Å²) in [6.07, 6.45) is 6.02. The van der Waals surface area contributed by atoms with Crippen molar-refractivity contribution in [3.05, 3.63) is 0 Å². The highest BCUT2D eigenvalue weighted by atomic mass is 16.5. The second-order valence-corrected chi connectivity index (χ2v) is 4.70. The van der Waals surface area contributed by atoms with E-state index in [1.165, 1.54) is 45.3 Å². The molecule has 1 spiro atoms. The molecule has 14 heavy (non-hydrogen) atoms. The van der Waals surface area contributed by atoms with Crippen LogP contribution in [-0.4, -0.2) is 37.7 Å². The van der Waals surface area contributed by atoms with Crippen molar-refractivity contribution in [1.29, 1.82) is 0 Å². The average molecular weight is 199 g/mol. The average Bonchev–Trinajstić information content (AvgIpc) is 2.14. The maximum absolute atomic E-state index is 5.35. The Morgan fingerprint density at radius 1 is 1.29 bits per heavy atom. The maximum Gasteiger partial charge on any atom is 0.0582 e. The Morgan fingerprint density at radius 2 is 1.86 bits per heavy atom. The number of likely N-dealkylation sites (tertiary alicyclic amines) is 1. The SMILES string of the molecule is C.CCN1CCC2(CC1)CC(OC)C2. The third-order valence-corrected chi connectivity index (χ3v) is 4.02. The van der Waals surface area contributed by atoms with Gasteiger partial charge in [0.2, 0.25) is 0 Å². The Balaban J connectivity index is 0.000000980. The molecule has 2 fully saturated rings. The van der Waals surface area contributed by atoms with Crippen molar-refractivity contribution >= 4 is 0 Å². The van der Waals surface area contributed by atoms with E-state index in [0.29, 0.717) is 11.5 Å². The van der Waals surface area contributed by atoms with E-state index in [1.54, 1.807) is 0 Å². The fraction of sp³-hybridized carbons (Fsp3) is 1.00. The zero-order valence-corrected chi connectivity index (χ0v) is 8.88. The van der Waals surface area contributed by atoms with E-state index in [9.17, 15) is 0 Å². The summed E-state index contributed by atoms with van der Waals surface area (Å²) in [4.78, 5) is 2.56. The summed E-state index contributed by atoms with van der Waals surface area (Å²) in [5.74, 6) is 0. The van der Waals surface area contributed by atoms with Gasteiger partial charge < -0.3 is 9.64 Å². The molecule has 0 aromatic carbocycles. The highest BCUT2D eigenvalue weighted by Crippen LogP contribution is 2.49. The number of hydrogen-bond donors (Lipinski definition) is 0. The first kappa shape index (κ1) is 12.0. The monoisotopic (exact) mass is 199 g/mol. The van der Waals surface area contributed by atoms with Gasteiger partial charge in [-0.05, 0) is 50.7 Å². The topological polar surface area (TPSA) is 12.5 Å². The van der Waals surface area contributed by atoms with Gasteiger partial charge in [0.15, 0.2) is 0 Å². The van der Waals surface area contributed by atoms with Gasteiger partial charge in [0.25, 0.3) is 0 Å². The fourth-order valence-corrected chi connectivity index (χ4v) is 2.82. The molecule has 84 valence electrons. The van der Waals surface area contributed by atoms with E-state index in [-0.39, 0.29) is 7.43 Å². The first-order valence-corrected chi connectivity index (χ1v) is 5.53. The lowest BCUT2D eigenvalue weighted by atomic mass is 9.61. The van der Waals surface area contributed by atoms with E-state index in [4.69, 9.17) is 4.74 Å². The van der Waals surface area contributed by atoms with Crippen LogP contribution in [0.2, 0.25) is 0 Å². The molecule has 0 atom stereocenters. The molecule has 0 unspecified atom stereocenters. The molecule has 0 amide bonds. The van der Waals surface area contributed by atoms with Crippen molar-refractivity contribution in [2.24, 2.45) is 5.41 Å². The minimum Gasteiger partial charge on any atom is -0.381 e. The van der Waals surface area contributed by atoms with Crippen LogP contribution in [0.1, 0.15) is 40.0 Å². The van der Waals surface area contributed by atoms with Gasteiger partial charge in [-0.1, -0.05) is 14.4 Å². The molecule has 0 radical (unpaired) electrons. The Labute approximate surface area is 88.6 Å². The van der Waals surface area contributed by atoms with Crippen LogP contribution >= 0.6 is 0 Å². The molecular weight excluding hydrogens is 174 g/mol. The largest absolute Gasteiger partial charge is 0.381 e. The highest BCUT2D eigenvalue weighted by Gasteiger charge is 2.45. The van der Waals surface area contributed by atoms with Gasteiger partial charge in [-0.15, -0.1) is 0 Å². The van der Waals surface area contributed by atoms with Gasteiger partial charge in [0.1, 0.15) is 0 Å². The molecule has 2 nitrogen and oxygen atoms in total. The quantitative estimate of drug-likeness (QED) is 0.677. The predicted octanol–water partition coefficient (Wildman–Crippen LogP) is 2.53. The van der Waals surface area contributed by atoms with Crippen molar-refractivity contribution in [2.45, 2.75) is 46.1 Å². The highest BCUT2D eigenvalue weighted by molar-refractivity contribution is 4.97. The molecule has 1 aliphatic carbocycles. The van der Waals surface area contributed by atoms with Crippen LogP contribution < -0.4 is 0 Å². The minimum atomic E-state index is 0. The molecule has 2 aliphatic rings. The number of nitrogens with zero attached hydrogens (tertiary/aromatic N) is 1. The van der Waals surface area contributed by atoms with E-state index in [2.05, 4.69) is 11.8 Å². The van der Waals surface area contributed by atoms with Gasteiger partial charge in [-0.3, -0.25) is 0 Å². The lowest BCUT2D eigenvalue weighted by Gasteiger charge is -2.51. The second-order valence-electron chi connectivity index (χ2n) is 4.70. The van der Waals surface area contributed by atoms with Gasteiger partial charge in [-0.2, -0.15) is 0 Å². The van der Waals surface area contributed by atoms with Gasteiger partial charge >= 0.3 is 0 Å². The lowest BCUT2D eigenvalue weighted by Crippen LogP contribution is -2.49. The summed E-state index contributed by atoms with van der Waals surface area (Å²) in [5, 5.41) is 0. The summed E-state index contributed by atoms with van der Waals surface area (Å²) in [5.41, 5.74) is 0.687. The zero-order chi connectivity index (χ0) is 9.31. The summed E-state index contributed by atoms with van der Waals surface area (Å²) < 4.78 is 5.35. The van der Waals surface area contributed by atoms with E-state index < -0.39 is 0 Å². The summed E-state index contributed by atoms with van der Waals surface area (Å²) >= 11 is 0. The van der Waals surface area contributed by atoms with Crippen LogP contribution in [0.4, 0.5) is 0 Å². The van der Waals surface area contributed by atoms with Crippen LogP contribution in [0.25, 0.3) is 0 Å². The molecule has 1 aliphatic heterocycles. The van der Waals surface area contributed by atoms with Crippen LogP contribution in [-0.2, 0) is 4.74 Å². The van der Waals surface area contributed by atoms with Crippen LogP contribution in [0, 0.1) is 5.41 Å². The maximum atomic E-state index is 5.35. The first-order valence-electron chi connectivity index (χ1n) is 5.53. The summed E-state index contributed by atoms with van der Waals surface area (Å²) in [6.45, 7) is 6.11. The Hall–Kier alpha value is -0.0800. The smallest absolute Gasteiger partial charge is 0.0582 e. The van der Waals surface area contributed by atoms with Crippen molar-refractivity contribution < 1.29 is 4.74 Å². The van der Waals surface area contributed by atoms with Crippen molar-refractivity contribution in [3.8, 4) is 0 Å². The predicted molar refractivity (Wildman–Crippen MR) is 60.5 cm³/mol. The van der Waals surface area contributed by atoms with Crippen LogP contribution in [0.5, 0.6) is 0 Å². The van der Waals surface area contributed by atoms with E-state index in [1.807, 2.05) is 7.11 Å². The normalized spacial score (nSPS) is 27.0. The Kier molecular flexibility index (Phi) is 3.96.